The van der Waals surface area contributed by atoms with Gasteiger partial charge in [0.1, 0.15) is 0 Å². The van der Waals surface area contributed by atoms with Crippen LogP contribution in [0.25, 0.3) is 6.08 Å². The van der Waals surface area contributed by atoms with E-state index >= 15 is 0 Å². The molecule has 1 heterocycles. The number of hydrogen-bond acceptors (Lipinski definition) is 6. The molecule has 1 aliphatic heterocycles. The standard InChI is InChI=1S/C28H28N2O4S/c1-33-23-12-17(13-24-25(31)30-27(35-24)29-21-5-3-2-4-6-21)7-8-22(23)34-26(32)28-14-18-9-19(15-28)11-20(10-18)16-28/h2-8,12-13,18-20H,9-11,14-16H2,1H3,(H,29,30,31)/b24-13+. The molecular weight excluding hydrogens is 460 g/mol. The van der Waals surface area contributed by atoms with Crippen molar-refractivity contribution in [1.82, 2.24) is 5.32 Å². The number of carbonyl (C=O) groups is 2. The Bertz CT molecular complexity index is 1200. The molecule has 5 aliphatic rings. The van der Waals surface area contributed by atoms with Crippen molar-refractivity contribution in [2.45, 2.75) is 38.5 Å². The third-order valence-electron chi connectivity index (χ3n) is 7.80. The molecule has 2 aromatic carbocycles. The zero-order valence-corrected chi connectivity index (χ0v) is 20.5. The minimum atomic E-state index is -0.326. The Kier molecular flexibility index (Phi) is 5.67. The SMILES string of the molecule is COc1cc(/C=C2/SC(=Nc3ccccc3)NC2=O)ccc1OC(=O)C12CC3CC(CC(C3)C1)C2. The second-order valence-corrected chi connectivity index (χ2v) is 11.3. The molecule has 1 saturated heterocycles. The number of methoxy groups -OCH3 is 1. The van der Waals surface area contributed by atoms with E-state index in [0.717, 1.165) is 30.5 Å². The summed E-state index contributed by atoms with van der Waals surface area (Å²) in [6, 6.07) is 14.9. The molecule has 0 spiro atoms. The molecule has 4 saturated carbocycles. The van der Waals surface area contributed by atoms with Crippen LogP contribution in [0.2, 0.25) is 0 Å². The Morgan fingerprint density at radius 2 is 1.71 bits per heavy atom. The van der Waals surface area contributed by atoms with Crippen molar-refractivity contribution in [2.75, 3.05) is 7.11 Å². The fourth-order valence-electron chi connectivity index (χ4n) is 6.68. The molecule has 6 nitrogen and oxygen atoms in total. The molecule has 180 valence electrons. The quantitative estimate of drug-likeness (QED) is 0.331. The molecule has 2 aromatic rings. The third-order valence-corrected chi connectivity index (χ3v) is 8.71. The Morgan fingerprint density at radius 1 is 1.03 bits per heavy atom. The molecule has 0 atom stereocenters. The van der Waals surface area contributed by atoms with Gasteiger partial charge in [-0.15, -0.1) is 0 Å². The van der Waals surface area contributed by atoms with E-state index in [-0.39, 0.29) is 17.3 Å². The van der Waals surface area contributed by atoms with Crippen LogP contribution in [-0.4, -0.2) is 24.2 Å². The molecule has 1 amide bonds. The molecular formula is C28H28N2O4S. The van der Waals surface area contributed by atoms with Crippen molar-refractivity contribution in [3.05, 3.63) is 59.0 Å². The Morgan fingerprint density at radius 3 is 2.37 bits per heavy atom. The second-order valence-electron chi connectivity index (χ2n) is 10.3. The highest BCUT2D eigenvalue weighted by atomic mass is 32.2. The first-order valence-electron chi connectivity index (χ1n) is 12.2. The molecule has 5 fully saturated rings. The summed E-state index contributed by atoms with van der Waals surface area (Å²) in [6.45, 7) is 0. The summed E-state index contributed by atoms with van der Waals surface area (Å²) in [5.74, 6) is 2.65. The maximum atomic E-state index is 13.4. The summed E-state index contributed by atoms with van der Waals surface area (Å²) in [6.07, 6.45) is 8.52. The number of para-hydroxylation sites is 1. The Hall–Kier alpha value is -3.06. The van der Waals surface area contributed by atoms with E-state index in [9.17, 15) is 9.59 Å². The van der Waals surface area contributed by atoms with E-state index in [4.69, 9.17) is 9.47 Å². The summed E-state index contributed by atoms with van der Waals surface area (Å²) >= 11 is 1.29. The minimum Gasteiger partial charge on any atom is -0.493 e. The van der Waals surface area contributed by atoms with Crippen LogP contribution in [0.3, 0.4) is 0 Å². The molecule has 35 heavy (non-hydrogen) atoms. The highest BCUT2D eigenvalue weighted by Crippen LogP contribution is 2.60. The van der Waals surface area contributed by atoms with Crippen molar-refractivity contribution in [3.8, 4) is 11.5 Å². The van der Waals surface area contributed by atoms with Crippen LogP contribution in [0.15, 0.2) is 58.4 Å². The van der Waals surface area contributed by atoms with Crippen LogP contribution in [-0.2, 0) is 9.59 Å². The maximum absolute atomic E-state index is 13.4. The lowest BCUT2D eigenvalue weighted by Crippen LogP contribution is -2.51. The van der Waals surface area contributed by atoms with Crippen LogP contribution in [0, 0.1) is 23.2 Å². The van der Waals surface area contributed by atoms with Gasteiger partial charge in [-0.2, -0.15) is 0 Å². The first-order valence-corrected chi connectivity index (χ1v) is 13.1. The molecule has 7 heteroatoms. The van der Waals surface area contributed by atoms with Crippen molar-refractivity contribution in [2.24, 2.45) is 28.2 Å². The topological polar surface area (TPSA) is 77.0 Å². The van der Waals surface area contributed by atoms with Crippen LogP contribution < -0.4 is 14.8 Å². The number of rotatable bonds is 5. The van der Waals surface area contributed by atoms with Crippen LogP contribution in [0.4, 0.5) is 5.69 Å². The normalized spacial score (nSPS) is 31.1. The molecule has 4 bridgehead atoms. The van der Waals surface area contributed by atoms with Gasteiger partial charge in [0.15, 0.2) is 16.7 Å². The predicted octanol–water partition coefficient (Wildman–Crippen LogP) is 5.71. The largest absolute Gasteiger partial charge is 0.493 e. The molecule has 1 N–H and O–H groups in total. The van der Waals surface area contributed by atoms with E-state index in [1.54, 1.807) is 25.3 Å². The number of nitrogens with zero attached hydrogens (tertiary/aromatic N) is 1. The number of aliphatic imine (C=N–C) groups is 1. The van der Waals surface area contributed by atoms with Crippen LogP contribution in [0.5, 0.6) is 11.5 Å². The van der Waals surface area contributed by atoms with Gasteiger partial charge in [0.05, 0.1) is 23.1 Å². The molecule has 0 aromatic heterocycles. The highest BCUT2D eigenvalue weighted by Gasteiger charge is 2.55. The number of nitrogens with one attached hydrogen (secondary N) is 1. The van der Waals surface area contributed by atoms with E-state index in [2.05, 4.69) is 10.3 Å². The van der Waals surface area contributed by atoms with Crippen molar-refractivity contribution >= 4 is 40.6 Å². The van der Waals surface area contributed by atoms with E-state index in [1.165, 1.54) is 31.0 Å². The number of hydrogen-bond donors (Lipinski definition) is 1. The number of ether oxygens (including phenoxy) is 2. The fourth-order valence-corrected chi connectivity index (χ4v) is 7.52. The lowest BCUT2D eigenvalue weighted by Gasteiger charge is -2.55. The van der Waals surface area contributed by atoms with E-state index < -0.39 is 0 Å². The smallest absolute Gasteiger partial charge is 0.317 e. The van der Waals surface area contributed by atoms with Gasteiger partial charge in [-0.1, -0.05) is 24.3 Å². The van der Waals surface area contributed by atoms with Crippen LogP contribution in [0.1, 0.15) is 44.1 Å². The summed E-state index contributed by atoms with van der Waals surface area (Å²) in [5.41, 5.74) is 1.24. The lowest BCUT2D eigenvalue weighted by atomic mass is 9.49. The molecule has 7 rings (SSSR count). The van der Waals surface area contributed by atoms with E-state index in [0.29, 0.717) is 39.3 Å². The summed E-state index contributed by atoms with van der Waals surface area (Å²) < 4.78 is 11.5. The van der Waals surface area contributed by atoms with Gasteiger partial charge in [-0.3, -0.25) is 9.59 Å². The number of benzene rings is 2. The second kappa shape index (κ2) is 8.86. The molecule has 0 unspecified atom stereocenters. The highest BCUT2D eigenvalue weighted by molar-refractivity contribution is 8.18. The first kappa shape index (κ1) is 22.4. The predicted molar refractivity (Wildman–Crippen MR) is 136 cm³/mol. The number of thioether (sulfide) groups is 1. The van der Waals surface area contributed by atoms with Crippen molar-refractivity contribution in [1.29, 1.82) is 0 Å². The Labute approximate surface area is 209 Å². The zero-order chi connectivity index (χ0) is 24.0. The molecule has 0 radical (unpaired) electrons. The average molecular weight is 489 g/mol. The maximum Gasteiger partial charge on any atom is 0.317 e. The monoisotopic (exact) mass is 488 g/mol. The molecule has 4 aliphatic carbocycles. The van der Waals surface area contributed by atoms with E-state index in [1.807, 2.05) is 36.4 Å². The van der Waals surface area contributed by atoms with Crippen molar-refractivity contribution < 1.29 is 19.1 Å². The van der Waals surface area contributed by atoms with Gasteiger partial charge >= 0.3 is 5.97 Å². The number of esters is 1. The summed E-state index contributed by atoms with van der Waals surface area (Å²) in [5, 5.41) is 3.35. The summed E-state index contributed by atoms with van der Waals surface area (Å²) in [4.78, 5) is 30.9. The lowest BCUT2D eigenvalue weighted by molar-refractivity contribution is -0.161. The van der Waals surface area contributed by atoms with Gasteiger partial charge in [0.25, 0.3) is 5.91 Å². The van der Waals surface area contributed by atoms with Gasteiger partial charge in [0.2, 0.25) is 0 Å². The zero-order valence-electron chi connectivity index (χ0n) is 19.7. The first-order chi connectivity index (χ1) is 17.0. The Balaban J connectivity index is 1.19. The van der Waals surface area contributed by atoms with Gasteiger partial charge in [0, 0.05) is 0 Å². The fraction of sp³-hybridized carbons (Fsp3) is 0.393. The van der Waals surface area contributed by atoms with Crippen molar-refractivity contribution in [3.63, 3.8) is 0 Å². The number of amidine groups is 1. The average Bonchev–Trinajstić information content (AvgIpc) is 3.18. The number of amides is 1. The van der Waals surface area contributed by atoms with Crippen LogP contribution >= 0.6 is 11.8 Å². The number of carbonyl (C=O) groups excluding carboxylic acids is 2. The summed E-state index contributed by atoms with van der Waals surface area (Å²) in [7, 11) is 1.57. The van der Waals surface area contributed by atoms with Gasteiger partial charge < -0.3 is 14.8 Å². The minimum absolute atomic E-state index is 0.103. The van der Waals surface area contributed by atoms with Gasteiger partial charge in [-0.25, -0.2) is 4.99 Å². The van der Waals surface area contributed by atoms with Gasteiger partial charge in [-0.05, 0) is 104 Å². The third kappa shape index (κ3) is 4.38.